The first kappa shape index (κ1) is 20.4. The molecule has 7 nitrogen and oxygen atoms in total. The van der Waals surface area contributed by atoms with E-state index in [2.05, 4.69) is 49.5 Å². The predicted octanol–water partition coefficient (Wildman–Crippen LogP) is 3.83. The van der Waals surface area contributed by atoms with Gasteiger partial charge in [-0.3, -0.25) is 4.90 Å². The van der Waals surface area contributed by atoms with E-state index in [0.29, 0.717) is 18.3 Å². The molecular weight excluding hydrogens is 402 g/mol. The molecule has 1 saturated heterocycles. The molecule has 0 radical (unpaired) electrons. The van der Waals surface area contributed by atoms with Gasteiger partial charge in [0.25, 0.3) is 0 Å². The molecule has 30 heavy (non-hydrogen) atoms. The van der Waals surface area contributed by atoms with E-state index in [1.165, 1.54) is 11.3 Å². The maximum absolute atomic E-state index is 11.5. The third kappa shape index (κ3) is 4.80. The zero-order valence-corrected chi connectivity index (χ0v) is 17.3. The average Bonchev–Trinajstić information content (AvgIpc) is 3.23. The van der Waals surface area contributed by atoms with E-state index in [1.54, 1.807) is 0 Å². The van der Waals surface area contributed by atoms with E-state index in [0.717, 1.165) is 37.5 Å². The fraction of sp³-hybridized carbons (Fsp3) is 0.318. The van der Waals surface area contributed by atoms with Crippen molar-refractivity contribution in [3.8, 4) is 0 Å². The molecule has 0 amide bonds. The first-order chi connectivity index (χ1) is 14.6. The van der Waals surface area contributed by atoms with Crippen molar-refractivity contribution >= 4 is 23.3 Å². The molecule has 0 bridgehead atoms. The van der Waals surface area contributed by atoms with Crippen molar-refractivity contribution in [1.29, 1.82) is 0 Å². The molecule has 1 aliphatic heterocycles. The highest BCUT2D eigenvalue weighted by Gasteiger charge is 2.27. The van der Waals surface area contributed by atoms with Gasteiger partial charge in [-0.25, -0.2) is 4.79 Å². The molecule has 0 atom stereocenters. The van der Waals surface area contributed by atoms with Gasteiger partial charge in [0.2, 0.25) is 0 Å². The Bertz CT molecular complexity index is 969. The lowest BCUT2D eigenvalue weighted by Crippen LogP contribution is -2.44. The van der Waals surface area contributed by atoms with Crippen LogP contribution in [0.25, 0.3) is 0 Å². The van der Waals surface area contributed by atoms with Crippen molar-refractivity contribution in [1.82, 2.24) is 20.3 Å². The van der Waals surface area contributed by atoms with Gasteiger partial charge >= 0.3 is 5.97 Å². The van der Waals surface area contributed by atoms with Gasteiger partial charge in [0.15, 0.2) is 5.69 Å². The van der Waals surface area contributed by atoms with Gasteiger partial charge < -0.3 is 10.0 Å². The summed E-state index contributed by atoms with van der Waals surface area (Å²) in [7, 11) is 0. The average molecular weight is 426 g/mol. The van der Waals surface area contributed by atoms with Gasteiger partial charge in [-0.15, -0.1) is 5.10 Å². The Balaban J connectivity index is 1.48. The third-order valence-electron chi connectivity index (χ3n) is 5.58. The number of carboxylic acids is 1. The van der Waals surface area contributed by atoms with Crippen molar-refractivity contribution in [2.45, 2.75) is 32.0 Å². The monoisotopic (exact) mass is 425 g/mol. The number of anilines is 1. The Kier molecular flexibility index (Phi) is 6.30. The second-order valence-corrected chi connectivity index (χ2v) is 7.95. The Morgan fingerprint density at radius 1 is 1.07 bits per heavy atom. The summed E-state index contributed by atoms with van der Waals surface area (Å²) in [4.78, 5) is 16.2. The molecule has 3 aromatic rings. The lowest BCUT2D eigenvalue weighted by atomic mass is 10.0. The van der Waals surface area contributed by atoms with Crippen LogP contribution >= 0.6 is 11.6 Å². The van der Waals surface area contributed by atoms with E-state index < -0.39 is 5.97 Å². The van der Waals surface area contributed by atoms with Crippen LogP contribution in [0.5, 0.6) is 0 Å². The number of hydrogen-bond acceptors (Lipinski definition) is 5. The van der Waals surface area contributed by atoms with Crippen molar-refractivity contribution in [2.75, 3.05) is 18.0 Å². The van der Waals surface area contributed by atoms with Crippen molar-refractivity contribution in [2.24, 2.45) is 0 Å². The zero-order valence-electron chi connectivity index (χ0n) is 16.5. The molecule has 1 fully saturated rings. The lowest BCUT2D eigenvalue weighted by Gasteiger charge is -2.39. The highest BCUT2D eigenvalue weighted by molar-refractivity contribution is 6.30. The highest BCUT2D eigenvalue weighted by Crippen LogP contribution is 2.26. The second kappa shape index (κ2) is 9.28. The molecule has 4 rings (SSSR count). The standard InChI is InChI=1S/C22H24ClN5O2/c23-17-6-8-18(9-7-17)27-12-10-19(11-13-27)28(14-16-4-2-1-3-5-16)15-20-21(22(29)30)25-26-24-20/h1-9,19H,10-15H2,(H,29,30)(H,24,25,26). The molecular formula is C22H24ClN5O2. The number of aromatic carboxylic acids is 1. The van der Waals surface area contributed by atoms with E-state index in [-0.39, 0.29) is 5.69 Å². The number of rotatable bonds is 7. The fourth-order valence-corrected chi connectivity index (χ4v) is 4.13. The summed E-state index contributed by atoms with van der Waals surface area (Å²) in [5.74, 6) is -1.06. The summed E-state index contributed by atoms with van der Waals surface area (Å²) in [6, 6.07) is 18.5. The van der Waals surface area contributed by atoms with Gasteiger partial charge in [-0.2, -0.15) is 10.3 Å². The van der Waals surface area contributed by atoms with Crippen LogP contribution in [0, 0.1) is 0 Å². The zero-order chi connectivity index (χ0) is 20.9. The first-order valence-electron chi connectivity index (χ1n) is 10.0. The van der Waals surface area contributed by atoms with Crippen molar-refractivity contribution in [3.05, 3.63) is 76.6 Å². The van der Waals surface area contributed by atoms with Crippen LogP contribution in [-0.4, -0.2) is 50.5 Å². The number of carbonyl (C=O) groups is 1. The largest absolute Gasteiger partial charge is 0.476 e. The Morgan fingerprint density at radius 3 is 2.43 bits per heavy atom. The minimum absolute atomic E-state index is 0.00772. The molecule has 8 heteroatoms. The van der Waals surface area contributed by atoms with E-state index in [4.69, 9.17) is 11.6 Å². The fourth-order valence-electron chi connectivity index (χ4n) is 4.00. The summed E-state index contributed by atoms with van der Waals surface area (Å²) in [5.41, 5.74) is 2.83. The minimum Gasteiger partial charge on any atom is -0.476 e. The molecule has 2 aromatic carbocycles. The number of aromatic amines is 1. The Hall–Kier alpha value is -2.90. The number of hydrogen-bond donors (Lipinski definition) is 2. The van der Waals surface area contributed by atoms with Crippen LogP contribution in [0.1, 0.15) is 34.6 Å². The molecule has 0 spiro atoms. The summed E-state index contributed by atoms with van der Waals surface area (Å²) in [6.45, 7) is 3.04. The molecule has 0 aliphatic carbocycles. The molecule has 1 aliphatic rings. The van der Waals surface area contributed by atoms with Crippen LogP contribution in [0.3, 0.4) is 0 Å². The van der Waals surface area contributed by atoms with Gasteiger partial charge in [0, 0.05) is 42.9 Å². The number of piperidine rings is 1. The molecule has 1 aromatic heterocycles. The van der Waals surface area contributed by atoms with Crippen LogP contribution < -0.4 is 4.90 Å². The van der Waals surface area contributed by atoms with Gasteiger partial charge in [0.05, 0.1) is 0 Å². The van der Waals surface area contributed by atoms with Gasteiger partial charge in [-0.1, -0.05) is 41.9 Å². The quantitative estimate of drug-likeness (QED) is 0.598. The number of nitrogens with one attached hydrogen (secondary N) is 1. The molecule has 2 heterocycles. The Labute approximate surface area is 180 Å². The third-order valence-corrected chi connectivity index (χ3v) is 5.83. The van der Waals surface area contributed by atoms with E-state index in [1.807, 2.05) is 30.3 Å². The maximum atomic E-state index is 11.5. The van der Waals surface area contributed by atoms with Gasteiger partial charge in [0.1, 0.15) is 5.69 Å². The number of carboxylic acid groups (broad SMARTS) is 1. The van der Waals surface area contributed by atoms with Gasteiger partial charge in [-0.05, 0) is 42.7 Å². The highest BCUT2D eigenvalue weighted by atomic mass is 35.5. The van der Waals surface area contributed by atoms with E-state index >= 15 is 0 Å². The number of H-pyrrole nitrogens is 1. The molecule has 0 saturated carbocycles. The number of aromatic nitrogens is 3. The van der Waals surface area contributed by atoms with Crippen LogP contribution in [0.2, 0.25) is 5.02 Å². The second-order valence-electron chi connectivity index (χ2n) is 7.51. The maximum Gasteiger partial charge on any atom is 0.358 e. The molecule has 2 N–H and O–H groups in total. The molecule has 0 unspecified atom stereocenters. The Morgan fingerprint density at radius 2 is 1.77 bits per heavy atom. The van der Waals surface area contributed by atoms with Crippen LogP contribution in [0.4, 0.5) is 5.69 Å². The topological polar surface area (TPSA) is 85.3 Å². The smallest absolute Gasteiger partial charge is 0.358 e. The normalized spacial score (nSPS) is 14.9. The van der Waals surface area contributed by atoms with Crippen molar-refractivity contribution < 1.29 is 9.90 Å². The SMILES string of the molecule is O=C(O)c1n[nH]nc1CN(Cc1ccccc1)C1CCN(c2ccc(Cl)cc2)CC1. The first-order valence-corrected chi connectivity index (χ1v) is 10.4. The molecule has 156 valence electrons. The summed E-state index contributed by atoms with van der Waals surface area (Å²) >= 11 is 6.01. The van der Waals surface area contributed by atoms with Crippen molar-refractivity contribution in [3.63, 3.8) is 0 Å². The minimum atomic E-state index is -1.06. The van der Waals surface area contributed by atoms with Crippen LogP contribution in [0.15, 0.2) is 54.6 Å². The predicted molar refractivity (Wildman–Crippen MR) is 116 cm³/mol. The lowest BCUT2D eigenvalue weighted by molar-refractivity contribution is 0.0686. The summed E-state index contributed by atoms with van der Waals surface area (Å²) < 4.78 is 0. The summed E-state index contributed by atoms with van der Waals surface area (Å²) in [6.07, 6.45) is 1.96. The number of halogens is 1. The summed E-state index contributed by atoms with van der Waals surface area (Å²) in [5, 5.41) is 20.5. The number of nitrogens with zero attached hydrogens (tertiary/aromatic N) is 4. The van der Waals surface area contributed by atoms with E-state index in [9.17, 15) is 9.90 Å². The van der Waals surface area contributed by atoms with Crippen LogP contribution in [-0.2, 0) is 13.1 Å². The number of benzene rings is 2.